The average Bonchev–Trinajstić information content (AvgIpc) is 4.00. The summed E-state index contributed by atoms with van der Waals surface area (Å²) in [6.07, 6.45) is 10.9. The first-order chi connectivity index (χ1) is 29.2. The molecule has 19 heteroatoms. The summed E-state index contributed by atoms with van der Waals surface area (Å²) in [4.78, 5) is 92.2. The number of anilines is 4. The fraction of sp³-hybridized carbons (Fsp3) is 0.341. The van der Waals surface area contributed by atoms with Crippen LogP contribution in [-0.4, -0.2) is 133 Å². The van der Waals surface area contributed by atoms with Gasteiger partial charge in [0.15, 0.2) is 18.1 Å². The van der Waals surface area contributed by atoms with E-state index in [1.54, 1.807) is 36.8 Å². The minimum absolute atomic E-state index is 0.00516. The number of nitrogens with zero attached hydrogens (tertiary/aromatic N) is 9. The lowest BCUT2D eigenvalue weighted by molar-refractivity contribution is -0.136. The predicted molar refractivity (Wildman–Crippen MR) is 215 cm³/mol. The van der Waals surface area contributed by atoms with Gasteiger partial charge in [-0.2, -0.15) is 5.10 Å². The Hall–Kier alpha value is -7.15. The van der Waals surface area contributed by atoms with Crippen LogP contribution in [0.25, 0.3) is 16.9 Å². The monoisotopic (exact) mass is 812 g/mol. The maximum absolute atomic E-state index is 13.4. The highest BCUT2D eigenvalue weighted by Gasteiger charge is 2.45. The number of aromatic nitrogens is 5. The van der Waals surface area contributed by atoms with Gasteiger partial charge < -0.3 is 25.2 Å². The molecule has 0 spiro atoms. The Labute approximate surface area is 342 Å². The number of carbonyl (C=O) groups is 6. The van der Waals surface area contributed by atoms with E-state index in [1.165, 1.54) is 0 Å². The minimum atomic E-state index is -1.01. The topological polar surface area (TPSA) is 209 Å². The number of fused-ring (bicyclic) bond motifs is 3. The zero-order valence-electron chi connectivity index (χ0n) is 32.4. The Morgan fingerprint density at radius 3 is 2.48 bits per heavy atom. The number of carbonyl (C=O) groups excluding carboxylic acids is 6. The number of rotatable bonds is 8. The second-order valence-corrected chi connectivity index (χ2v) is 15.5. The van der Waals surface area contributed by atoms with Gasteiger partial charge in [0.1, 0.15) is 11.8 Å². The van der Waals surface area contributed by atoms with Crippen molar-refractivity contribution in [3.63, 3.8) is 0 Å². The molecule has 0 saturated carbocycles. The molecule has 5 aliphatic heterocycles. The Kier molecular flexibility index (Phi) is 9.23. The SMILES string of the molecule is O=C1CCC(N2C(=O)c3ccc(N4CCN(C(=O)CN5CCC(n6cc(Nc7ncc(-c8ccc9c(c8)NC(=O)CO9)n8ccnc78)cn6)CC5)CC4)cc3C2=O)C(=O)N1. The molecule has 19 nitrogen and oxygen atoms in total. The van der Waals surface area contributed by atoms with E-state index in [9.17, 15) is 28.8 Å². The lowest BCUT2D eigenvalue weighted by Gasteiger charge is -2.38. The smallest absolute Gasteiger partial charge is 0.262 e. The van der Waals surface area contributed by atoms with Gasteiger partial charge >= 0.3 is 0 Å². The summed E-state index contributed by atoms with van der Waals surface area (Å²) in [5.74, 6) is -1.06. The molecule has 3 aromatic heterocycles. The second kappa shape index (κ2) is 14.9. The van der Waals surface area contributed by atoms with Crippen LogP contribution in [0, 0.1) is 0 Å². The van der Waals surface area contributed by atoms with Crippen molar-refractivity contribution in [2.45, 2.75) is 37.8 Å². The summed E-state index contributed by atoms with van der Waals surface area (Å²) in [7, 11) is 0. The van der Waals surface area contributed by atoms with Crippen LogP contribution in [0.2, 0.25) is 0 Å². The summed E-state index contributed by atoms with van der Waals surface area (Å²) in [5, 5.41) is 13.1. The largest absolute Gasteiger partial charge is 0.482 e. The summed E-state index contributed by atoms with van der Waals surface area (Å²) in [6.45, 7) is 4.03. The zero-order valence-corrected chi connectivity index (χ0v) is 32.4. The van der Waals surface area contributed by atoms with Gasteiger partial charge in [0.2, 0.25) is 17.7 Å². The van der Waals surface area contributed by atoms with Crippen molar-refractivity contribution >= 4 is 64.0 Å². The average molecular weight is 813 g/mol. The number of ether oxygens (including phenoxy) is 1. The lowest BCUT2D eigenvalue weighted by Crippen LogP contribution is -2.54. The van der Waals surface area contributed by atoms with E-state index in [2.05, 4.69) is 35.8 Å². The van der Waals surface area contributed by atoms with E-state index in [1.807, 2.05) is 44.6 Å². The number of nitrogens with one attached hydrogen (secondary N) is 3. The van der Waals surface area contributed by atoms with Crippen LogP contribution in [0.3, 0.4) is 0 Å². The van der Waals surface area contributed by atoms with Crippen molar-refractivity contribution in [1.29, 1.82) is 0 Å². The maximum Gasteiger partial charge on any atom is 0.262 e. The number of piperidine rings is 2. The first kappa shape index (κ1) is 37.1. The van der Waals surface area contributed by atoms with Crippen LogP contribution in [0.4, 0.5) is 22.9 Å². The van der Waals surface area contributed by atoms with Gasteiger partial charge in [-0.25, -0.2) is 9.97 Å². The molecule has 2 aromatic carbocycles. The number of imidazole rings is 1. The third-order valence-corrected chi connectivity index (χ3v) is 11.9. The lowest BCUT2D eigenvalue weighted by atomic mass is 10.0. The van der Waals surface area contributed by atoms with Crippen LogP contribution in [0.1, 0.15) is 52.4 Å². The summed E-state index contributed by atoms with van der Waals surface area (Å²) in [5.41, 5.74) is 4.92. The summed E-state index contributed by atoms with van der Waals surface area (Å²) in [6, 6.07) is 9.87. The van der Waals surface area contributed by atoms with Crippen LogP contribution in [0.15, 0.2) is 67.4 Å². The predicted octanol–water partition coefficient (Wildman–Crippen LogP) is 2.05. The zero-order chi connectivity index (χ0) is 41.1. The molecule has 3 fully saturated rings. The molecular formula is C41H40N12O7. The Morgan fingerprint density at radius 1 is 0.850 bits per heavy atom. The first-order valence-electron chi connectivity index (χ1n) is 20.0. The number of benzene rings is 2. The van der Waals surface area contributed by atoms with Crippen LogP contribution in [0.5, 0.6) is 5.75 Å². The number of hydrogen-bond donors (Lipinski definition) is 3. The van der Waals surface area contributed by atoms with E-state index >= 15 is 0 Å². The van der Waals surface area contributed by atoms with Crippen molar-refractivity contribution in [3.05, 3.63) is 78.5 Å². The van der Waals surface area contributed by atoms with Gasteiger partial charge in [-0.1, -0.05) is 0 Å². The van der Waals surface area contributed by atoms with Crippen molar-refractivity contribution in [2.75, 3.05) is 68.0 Å². The fourth-order valence-corrected chi connectivity index (χ4v) is 8.70. The van der Waals surface area contributed by atoms with Crippen molar-refractivity contribution in [1.82, 2.24) is 44.2 Å². The number of imide groups is 2. The molecule has 0 bridgehead atoms. The molecule has 3 N–H and O–H groups in total. The third kappa shape index (κ3) is 6.75. The van der Waals surface area contributed by atoms with Crippen molar-refractivity contribution in [3.8, 4) is 17.0 Å². The molecule has 1 unspecified atom stereocenters. The quantitative estimate of drug-likeness (QED) is 0.192. The van der Waals surface area contributed by atoms with Crippen LogP contribution >= 0.6 is 0 Å². The highest BCUT2D eigenvalue weighted by atomic mass is 16.5. The number of hydrogen-bond acceptors (Lipinski definition) is 13. The normalized spacial score (nSPS) is 19.9. The fourth-order valence-electron chi connectivity index (χ4n) is 8.70. The van der Waals surface area contributed by atoms with Gasteiger partial charge in [0.25, 0.3) is 17.7 Å². The van der Waals surface area contributed by atoms with Gasteiger partial charge in [-0.15, -0.1) is 0 Å². The van der Waals surface area contributed by atoms with Crippen molar-refractivity contribution < 1.29 is 33.5 Å². The molecule has 1 atom stereocenters. The van der Waals surface area contributed by atoms with Gasteiger partial charge in [0.05, 0.1) is 53.2 Å². The Balaban J connectivity index is 0.710. The molecule has 8 heterocycles. The molecule has 60 heavy (non-hydrogen) atoms. The minimum Gasteiger partial charge on any atom is -0.482 e. The molecule has 306 valence electrons. The van der Waals surface area contributed by atoms with Gasteiger partial charge in [0, 0.05) is 75.5 Å². The number of piperazine rings is 1. The molecule has 0 aliphatic carbocycles. The van der Waals surface area contributed by atoms with E-state index in [4.69, 9.17) is 9.72 Å². The molecule has 10 rings (SSSR count). The van der Waals surface area contributed by atoms with E-state index in [-0.39, 0.29) is 48.4 Å². The molecule has 5 aliphatic rings. The Bertz CT molecular complexity index is 2600. The molecule has 3 saturated heterocycles. The highest BCUT2D eigenvalue weighted by molar-refractivity contribution is 6.23. The molecule has 6 amide bonds. The van der Waals surface area contributed by atoms with Crippen LogP contribution in [-0.2, 0) is 19.2 Å². The number of amides is 6. The number of likely N-dealkylation sites (tertiary alicyclic amines) is 1. The van der Waals surface area contributed by atoms with Gasteiger partial charge in [-0.05, 0) is 55.7 Å². The standard InChI is InChI=1S/C41H40N12O7/c54-34-6-4-31(39(57)47-34)53-40(58)28-3-2-27(18-29(28)41(53)59)49-13-15-50(16-14-49)36(56)22-48-10-7-26(8-11-48)52-21-25(19-44-52)45-37-38-42-9-12-51(38)32(20-43-37)24-1-5-33-30(17-24)46-35(55)23-60-33/h1-3,5,9,12,17-21,26,31H,4,6-8,10-11,13-16,22-23H2,(H,43,45)(H,46,55)(H,47,54,57). The first-order valence-corrected chi connectivity index (χ1v) is 20.0. The molecular weight excluding hydrogens is 773 g/mol. The van der Waals surface area contributed by atoms with Crippen molar-refractivity contribution in [2.24, 2.45) is 0 Å². The second-order valence-electron chi connectivity index (χ2n) is 15.5. The summed E-state index contributed by atoms with van der Waals surface area (Å²) < 4.78 is 9.41. The van der Waals surface area contributed by atoms with E-state index in [0.717, 1.165) is 53.5 Å². The maximum atomic E-state index is 13.4. The van der Waals surface area contributed by atoms with Crippen LogP contribution < -0.4 is 25.6 Å². The Morgan fingerprint density at radius 2 is 1.67 bits per heavy atom. The van der Waals surface area contributed by atoms with Gasteiger partial charge in [-0.3, -0.25) is 53.0 Å². The highest BCUT2D eigenvalue weighted by Crippen LogP contribution is 2.35. The molecule has 0 radical (unpaired) electrons. The third-order valence-electron chi connectivity index (χ3n) is 11.9. The van der Waals surface area contributed by atoms with E-state index < -0.39 is 29.7 Å². The summed E-state index contributed by atoms with van der Waals surface area (Å²) >= 11 is 0. The van der Waals surface area contributed by atoms with E-state index in [0.29, 0.717) is 55.6 Å². The molecule has 5 aromatic rings.